The molecule has 0 aliphatic carbocycles. The number of halogens is 2. The molecule has 18 heavy (non-hydrogen) atoms. The zero-order chi connectivity index (χ0) is 12.3. The normalized spacial score (nSPS) is 19.5. The number of sulfonamides is 1. The van der Waals surface area contributed by atoms with Crippen molar-refractivity contribution in [2.75, 3.05) is 13.1 Å². The number of rotatable bonds is 4. The largest absolute Gasteiger partial charge is 0.313 e. The molecule has 1 aliphatic rings. The van der Waals surface area contributed by atoms with Gasteiger partial charge in [-0.05, 0) is 31.5 Å². The number of nitrogens with one attached hydrogen (secondary N) is 2. The van der Waals surface area contributed by atoms with Crippen LogP contribution < -0.4 is 10.0 Å². The van der Waals surface area contributed by atoms with E-state index in [0.717, 1.165) is 19.4 Å². The van der Waals surface area contributed by atoms with Gasteiger partial charge in [0, 0.05) is 18.8 Å². The highest BCUT2D eigenvalue weighted by molar-refractivity contribution is 7.89. The van der Waals surface area contributed by atoms with E-state index in [-0.39, 0.29) is 28.5 Å². The zero-order valence-corrected chi connectivity index (χ0v) is 12.0. The lowest BCUT2D eigenvalue weighted by molar-refractivity contribution is 0.549. The first-order valence-corrected chi connectivity index (χ1v) is 7.29. The molecular weight excluding hydrogens is 297 g/mol. The first-order chi connectivity index (χ1) is 8.09. The van der Waals surface area contributed by atoms with Crippen LogP contribution in [0.1, 0.15) is 12.8 Å². The van der Waals surface area contributed by atoms with Gasteiger partial charge in [-0.3, -0.25) is 0 Å². The molecule has 5 nitrogen and oxygen atoms in total. The van der Waals surface area contributed by atoms with Crippen LogP contribution in [-0.4, -0.2) is 32.5 Å². The Balaban J connectivity index is 0.00000162. The minimum absolute atomic E-state index is 0. The van der Waals surface area contributed by atoms with Crippen LogP contribution in [0.25, 0.3) is 0 Å². The van der Waals surface area contributed by atoms with Gasteiger partial charge in [0.05, 0.1) is 5.02 Å². The van der Waals surface area contributed by atoms with Crippen molar-refractivity contribution in [3.63, 3.8) is 0 Å². The second kappa shape index (κ2) is 6.68. The molecule has 1 aliphatic heterocycles. The fourth-order valence-electron chi connectivity index (χ4n) is 1.78. The van der Waals surface area contributed by atoms with Crippen LogP contribution >= 0.6 is 24.0 Å². The highest BCUT2D eigenvalue weighted by Crippen LogP contribution is 2.17. The van der Waals surface area contributed by atoms with Crippen molar-refractivity contribution in [1.82, 2.24) is 15.0 Å². The Morgan fingerprint density at radius 3 is 2.94 bits per heavy atom. The summed E-state index contributed by atoms with van der Waals surface area (Å²) < 4.78 is 26.4. The summed E-state index contributed by atoms with van der Waals surface area (Å²) in [4.78, 5) is 3.79. The minimum atomic E-state index is -3.61. The maximum absolute atomic E-state index is 11.9. The van der Waals surface area contributed by atoms with E-state index in [9.17, 15) is 8.42 Å². The fourth-order valence-corrected chi connectivity index (χ4v) is 3.29. The van der Waals surface area contributed by atoms with Crippen molar-refractivity contribution in [3.8, 4) is 0 Å². The van der Waals surface area contributed by atoms with Crippen molar-refractivity contribution < 1.29 is 8.42 Å². The molecule has 0 radical (unpaired) electrons. The van der Waals surface area contributed by atoms with E-state index < -0.39 is 10.0 Å². The van der Waals surface area contributed by atoms with Gasteiger partial charge in [0.1, 0.15) is 0 Å². The quantitative estimate of drug-likeness (QED) is 0.876. The zero-order valence-electron chi connectivity index (χ0n) is 9.60. The Labute approximate surface area is 118 Å². The van der Waals surface area contributed by atoms with Gasteiger partial charge in [0.15, 0.2) is 5.03 Å². The number of hydrogen-bond acceptors (Lipinski definition) is 4. The second-order valence-corrected chi connectivity index (χ2v) is 6.02. The molecule has 1 unspecified atom stereocenters. The van der Waals surface area contributed by atoms with E-state index in [1.807, 2.05) is 0 Å². The Bertz CT molecular complexity index is 490. The Hall–Kier alpha value is -0.400. The average molecular weight is 312 g/mol. The minimum Gasteiger partial charge on any atom is -0.313 e. The molecule has 1 aromatic heterocycles. The standard InChI is InChI=1S/C10H14ClN3O2S.ClH/c11-9-4-2-6-13-10(9)17(15,16)14-7-8-3-1-5-12-8;/h2,4,6,8,12,14H,1,3,5,7H2;1H. The summed E-state index contributed by atoms with van der Waals surface area (Å²) in [7, 11) is -3.61. The highest BCUT2D eigenvalue weighted by atomic mass is 35.5. The van der Waals surface area contributed by atoms with Gasteiger partial charge in [-0.25, -0.2) is 18.1 Å². The molecule has 1 saturated heterocycles. The van der Waals surface area contributed by atoms with Crippen LogP contribution in [0.4, 0.5) is 0 Å². The Kier molecular flexibility index (Phi) is 5.81. The number of aromatic nitrogens is 1. The van der Waals surface area contributed by atoms with E-state index in [1.54, 1.807) is 6.07 Å². The van der Waals surface area contributed by atoms with Crippen LogP contribution in [0, 0.1) is 0 Å². The summed E-state index contributed by atoms with van der Waals surface area (Å²) in [5.74, 6) is 0. The van der Waals surface area contributed by atoms with Crippen LogP contribution in [0.2, 0.25) is 5.02 Å². The van der Waals surface area contributed by atoms with Crippen molar-refractivity contribution in [3.05, 3.63) is 23.4 Å². The van der Waals surface area contributed by atoms with Crippen molar-refractivity contribution in [2.45, 2.75) is 23.9 Å². The molecule has 0 aromatic carbocycles. The van der Waals surface area contributed by atoms with E-state index in [1.165, 1.54) is 12.3 Å². The SMILES string of the molecule is Cl.O=S(=O)(NCC1CCCN1)c1ncccc1Cl. The first kappa shape index (κ1) is 15.7. The van der Waals surface area contributed by atoms with Gasteiger partial charge in [0.25, 0.3) is 10.0 Å². The fraction of sp³-hybridized carbons (Fsp3) is 0.500. The number of hydrogen-bond donors (Lipinski definition) is 2. The topological polar surface area (TPSA) is 71.1 Å². The highest BCUT2D eigenvalue weighted by Gasteiger charge is 2.22. The van der Waals surface area contributed by atoms with E-state index in [0.29, 0.717) is 6.54 Å². The van der Waals surface area contributed by atoms with E-state index >= 15 is 0 Å². The lowest BCUT2D eigenvalue weighted by atomic mass is 10.2. The Morgan fingerprint density at radius 1 is 1.56 bits per heavy atom. The summed E-state index contributed by atoms with van der Waals surface area (Å²) in [6.45, 7) is 1.31. The van der Waals surface area contributed by atoms with Crippen LogP contribution in [-0.2, 0) is 10.0 Å². The maximum Gasteiger partial charge on any atom is 0.259 e. The van der Waals surface area contributed by atoms with Gasteiger partial charge in [-0.2, -0.15) is 0 Å². The van der Waals surface area contributed by atoms with E-state index in [4.69, 9.17) is 11.6 Å². The molecule has 8 heteroatoms. The third-order valence-electron chi connectivity index (χ3n) is 2.66. The molecule has 0 spiro atoms. The summed E-state index contributed by atoms with van der Waals surface area (Å²) in [5.41, 5.74) is 0. The summed E-state index contributed by atoms with van der Waals surface area (Å²) in [6, 6.07) is 3.31. The molecule has 0 amide bonds. The van der Waals surface area contributed by atoms with Crippen LogP contribution in [0.5, 0.6) is 0 Å². The van der Waals surface area contributed by atoms with Crippen molar-refractivity contribution in [2.24, 2.45) is 0 Å². The molecule has 102 valence electrons. The van der Waals surface area contributed by atoms with E-state index in [2.05, 4.69) is 15.0 Å². The molecule has 2 heterocycles. The molecular formula is C10H15Cl2N3O2S. The average Bonchev–Trinajstić information content (AvgIpc) is 2.80. The van der Waals surface area contributed by atoms with Crippen molar-refractivity contribution in [1.29, 1.82) is 0 Å². The third kappa shape index (κ3) is 3.80. The molecule has 2 rings (SSSR count). The lowest BCUT2D eigenvalue weighted by Gasteiger charge is -2.11. The molecule has 0 saturated carbocycles. The second-order valence-electron chi connectivity index (χ2n) is 3.94. The number of nitrogens with zero attached hydrogens (tertiary/aromatic N) is 1. The van der Waals surface area contributed by atoms with Gasteiger partial charge < -0.3 is 5.32 Å². The summed E-state index contributed by atoms with van der Waals surface area (Å²) in [5, 5.41) is 3.24. The first-order valence-electron chi connectivity index (χ1n) is 5.43. The summed E-state index contributed by atoms with van der Waals surface area (Å²) >= 11 is 5.81. The lowest BCUT2D eigenvalue weighted by Crippen LogP contribution is -2.37. The van der Waals surface area contributed by atoms with Crippen molar-refractivity contribution >= 4 is 34.0 Å². The predicted molar refractivity (Wildman–Crippen MR) is 72.7 cm³/mol. The van der Waals surface area contributed by atoms with Gasteiger partial charge >= 0.3 is 0 Å². The predicted octanol–water partition coefficient (Wildman–Crippen LogP) is 1.19. The molecule has 2 N–H and O–H groups in total. The third-order valence-corrected chi connectivity index (χ3v) is 4.46. The van der Waals surface area contributed by atoms with Crippen LogP contribution in [0.3, 0.4) is 0 Å². The van der Waals surface area contributed by atoms with Gasteiger partial charge in [-0.1, -0.05) is 11.6 Å². The number of pyridine rings is 1. The molecule has 1 fully saturated rings. The van der Waals surface area contributed by atoms with Gasteiger partial charge in [-0.15, -0.1) is 12.4 Å². The smallest absolute Gasteiger partial charge is 0.259 e. The molecule has 1 aromatic rings. The van der Waals surface area contributed by atoms with Gasteiger partial charge in [0.2, 0.25) is 0 Å². The maximum atomic E-state index is 11.9. The molecule has 0 bridgehead atoms. The Morgan fingerprint density at radius 2 is 2.33 bits per heavy atom. The molecule has 1 atom stereocenters. The van der Waals surface area contributed by atoms with Crippen LogP contribution in [0.15, 0.2) is 23.4 Å². The monoisotopic (exact) mass is 311 g/mol. The summed E-state index contributed by atoms with van der Waals surface area (Å²) in [6.07, 6.45) is 3.48.